The third-order valence-corrected chi connectivity index (χ3v) is 5.83. The summed E-state index contributed by atoms with van der Waals surface area (Å²) in [5, 5.41) is 11.3. The lowest BCUT2D eigenvalue weighted by molar-refractivity contribution is -0.140. The monoisotopic (exact) mass is 469 g/mol. The van der Waals surface area contributed by atoms with Crippen LogP contribution in [0.5, 0.6) is 5.75 Å². The SMILES string of the molecule is COc1ccc(/C(O)=C2\C(=O)C(=O)N(CCCn3ccnc3)C2c2ccccc2F)cc1Cl. The summed E-state index contributed by atoms with van der Waals surface area (Å²) >= 11 is 6.18. The third kappa shape index (κ3) is 4.34. The van der Waals surface area contributed by atoms with Crippen molar-refractivity contribution in [1.29, 1.82) is 0 Å². The lowest BCUT2D eigenvalue weighted by atomic mass is 9.95. The van der Waals surface area contributed by atoms with Crippen LogP contribution in [0.4, 0.5) is 4.39 Å². The first-order valence-electron chi connectivity index (χ1n) is 10.2. The van der Waals surface area contributed by atoms with Gasteiger partial charge in [0.2, 0.25) is 0 Å². The Labute approximate surface area is 194 Å². The zero-order valence-corrected chi connectivity index (χ0v) is 18.5. The number of imidazole rings is 1. The summed E-state index contributed by atoms with van der Waals surface area (Å²) in [6.45, 7) is 0.739. The number of Topliss-reactive ketones (excluding diaryl/α,β-unsaturated/α-hetero) is 1. The van der Waals surface area contributed by atoms with Crippen LogP contribution in [0, 0.1) is 5.82 Å². The van der Waals surface area contributed by atoms with Gasteiger partial charge in [-0.1, -0.05) is 29.8 Å². The number of methoxy groups -OCH3 is 1. The van der Waals surface area contributed by atoms with Crippen molar-refractivity contribution >= 4 is 29.1 Å². The van der Waals surface area contributed by atoms with Crippen molar-refractivity contribution in [3.63, 3.8) is 0 Å². The van der Waals surface area contributed by atoms with Crippen LogP contribution in [0.25, 0.3) is 5.76 Å². The van der Waals surface area contributed by atoms with Crippen LogP contribution in [0.1, 0.15) is 23.6 Å². The van der Waals surface area contributed by atoms with Gasteiger partial charge in [0, 0.05) is 36.6 Å². The molecule has 1 fully saturated rings. The van der Waals surface area contributed by atoms with E-state index < -0.39 is 29.3 Å². The second kappa shape index (κ2) is 9.46. The number of benzene rings is 2. The maximum atomic E-state index is 14.8. The zero-order valence-electron chi connectivity index (χ0n) is 17.7. The molecule has 7 nitrogen and oxygen atoms in total. The number of aliphatic hydroxyl groups is 1. The number of carbonyl (C=O) groups is 2. The standard InChI is InChI=1S/C24H21ClFN3O4/c1-33-19-8-7-15(13-17(19)25)22(30)20-21(16-5-2-3-6-18(16)26)29(24(32)23(20)31)11-4-10-28-12-9-27-14-28/h2-3,5-9,12-14,21,30H,4,10-11H2,1H3/b22-20+. The van der Waals surface area contributed by atoms with Crippen LogP contribution in [0.15, 0.2) is 66.8 Å². The second-order valence-corrected chi connectivity index (χ2v) is 7.92. The average molecular weight is 470 g/mol. The van der Waals surface area contributed by atoms with Gasteiger partial charge in [-0.15, -0.1) is 0 Å². The van der Waals surface area contributed by atoms with Crippen molar-refractivity contribution in [2.24, 2.45) is 0 Å². The first-order chi connectivity index (χ1) is 15.9. The normalized spacial score (nSPS) is 17.5. The van der Waals surface area contributed by atoms with Gasteiger partial charge in [-0.2, -0.15) is 0 Å². The van der Waals surface area contributed by atoms with E-state index in [0.717, 1.165) is 0 Å². The molecular weight excluding hydrogens is 449 g/mol. The molecule has 0 spiro atoms. The minimum atomic E-state index is -1.07. The molecule has 2 heterocycles. The summed E-state index contributed by atoms with van der Waals surface area (Å²) in [7, 11) is 1.45. The van der Waals surface area contributed by atoms with Crippen LogP contribution >= 0.6 is 11.6 Å². The van der Waals surface area contributed by atoms with Gasteiger partial charge in [0.1, 0.15) is 17.3 Å². The summed E-state index contributed by atoms with van der Waals surface area (Å²) in [5.74, 6) is -2.30. The lowest BCUT2D eigenvalue weighted by Crippen LogP contribution is -2.31. The van der Waals surface area contributed by atoms with Crippen molar-refractivity contribution in [2.45, 2.75) is 19.0 Å². The average Bonchev–Trinajstić information content (AvgIpc) is 3.41. The Morgan fingerprint density at radius 1 is 1.21 bits per heavy atom. The van der Waals surface area contributed by atoms with E-state index in [1.807, 2.05) is 4.57 Å². The second-order valence-electron chi connectivity index (χ2n) is 7.52. The maximum absolute atomic E-state index is 14.8. The number of rotatable bonds is 7. The smallest absolute Gasteiger partial charge is 0.295 e. The number of aryl methyl sites for hydroxylation is 1. The van der Waals surface area contributed by atoms with E-state index in [9.17, 15) is 19.1 Å². The Hall–Kier alpha value is -3.65. The summed E-state index contributed by atoms with van der Waals surface area (Å²) in [5.41, 5.74) is 0.160. The van der Waals surface area contributed by atoms with Gasteiger partial charge in [0.25, 0.3) is 11.7 Å². The molecule has 1 saturated heterocycles. The molecule has 0 saturated carbocycles. The van der Waals surface area contributed by atoms with Gasteiger partial charge >= 0.3 is 0 Å². The summed E-state index contributed by atoms with van der Waals surface area (Å²) < 4.78 is 21.8. The predicted molar refractivity (Wildman–Crippen MR) is 120 cm³/mol. The zero-order chi connectivity index (χ0) is 23.5. The molecule has 3 aromatic rings. The van der Waals surface area contributed by atoms with Gasteiger partial charge < -0.3 is 19.3 Å². The highest BCUT2D eigenvalue weighted by atomic mass is 35.5. The predicted octanol–water partition coefficient (Wildman–Crippen LogP) is 4.20. The number of likely N-dealkylation sites (tertiary alicyclic amines) is 1. The number of ketones is 1. The van der Waals surface area contributed by atoms with Crippen LogP contribution < -0.4 is 4.74 Å². The third-order valence-electron chi connectivity index (χ3n) is 5.54. The lowest BCUT2D eigenvalue weighted by Gasteiger charge is -2.25. The van der Waals surface area contributed by atoms with Crippen molar-refractivity contribution in [3.05, 3.63) is 88.7 Å². The Morgan fingerprint density at radius 2 is 2.00 bits per heavy atom. The summed E-state index contributed by atoms with van der Waals surface area (Å²) in [6, 6.07) is 9.31. The van der Waals surface area contributed by atoms with Gasteiger partial charge in [0.05, 0.1) is 30.1 Å². The molecule has 1 atom stereocenters. The van der Waals surface area contributed by atoms with Crippen molar-refractivity contribution in [2.75, 3.05) is 13.7 Å². The van der Waals surface area contributed by atoms with Gasteiger partial charge in [-0.25, -0.2) is 9.37 Å². The Kier molecular flexibility index (Phi) is 6.46. The highest BCUT2D eigenvalue weighted by Gasteiger charge is 2.46. The first-order valence-corrected chi connectivity index (χ1v) is 10.6. The van der Waals surface area contributed by atoms with Crippen molar-refractivity contribution in [3.8, 4) is 5.75 Å². The molecule has 9 heteroatoms. The topological polar surface area (TPSA) is 84.7 Å². The highest BCUT2D eigenvalue weighted by molar-refractivity contribution is 6.46. The number of carbonyl (C=O) groups excluding carboxylic acids is 2. The molecule has 33 heavy (non-hydrogen) atoms. The Balaban J connectivity index is 1.76. The Morgan fingerprint density at radius 3 is 2.67 bits per heavy atom. The minimum Gasteiger partial charge on any atom is -0.507 e. The number of amides is 1. The summed E-state index contributed by atoms with van der Waals surface area (Å²) in [6.07, 6.45) is 5.58. The molecular formula is C24H21ClFN3O4. The van der Waals surface area contributed by atoms with E-state index in [0.29, 0.717) is 18.7 Å². The maximum Gasteiger partial charge on any atom is 0.295 e. The number of aromatic nitrogens is 2. The molecule has 170 valence electrons. The largest absolute Gasteiger partial charge is 0.507 e. The van der Waals surface area contributed by atoms with Crippen LogP contribution in [0.2, 0.25) is 5.02 Å². The van der Waals surface area contributed by atoms with E-state index in [2.05, 4.69) is 4.98 Å². The molecule has 1 aliphatic rings. The van der Waals surface area contributed by atoms with E-state index in [1.54, 1.807) is 24.8 Å². The minimum absolute atomic E-state index is 0.125. The van der Waals surface area contributed by atoms with Gasteiger partial charge in [0.15, 0.2) is 0 Å². The molecule has 0 bridgehead atoms. The van der Waals surface area contributed by atoms with E-state index in [1.165, 1.54) is 48.4 Å². The highest BCUT2D eigenvalue weighted by Crippen LogP contribution is 2.41. The molecule has 0 radical (unpaired) electrons. The number of aliphatic hydroxyl groups excluding tert-OH is 1. The molecule has 1 unspecified atom stereocenters. The molecule has 1 aromatic heterocycles. The number of ether oxygens (including phenoxy) is 1. The van der Waals surface area contributed by atoms with Gasteiger partial charge in [-0.3, -0.25) is 9.59 Å². The van der Waals surface area contributed by atoms with E-state index in [-0.39, 0.29) is 28.3 Å². The number of halogens is 2. The fourth-order valence-electron chi connectivity index (χ4n) is 3.94. The first kappa shape index (κ1) is 22.5. The molecule has 2 aromatic carbocycles. The van der Waals surface area contributed by atoms with Crippen molar-refractivity contribution in [1.82, 2.24) is 14.5 Å². The van der Waals surface area contributed by atoms with Crippen molar-refractivity contribution < 1.29 is 23.8 Å². The molecule has 0 aliphatic carbocycles. The quantitative estimate of drug-likeness (QED) is 0.318. The number of hydrogen-bond acceptors (Lipinski definition) is 5. The fraction of sp³-hybridized carbons (Fsp3) is 0.208. The fourth-order valence-corrected chi connectivity index (χ4v) is 4.20. The molecule has 1 aliphatic heterocycles. The molecule has 4 rings (SSSR count). The van der Waals surface area contributed by atoms with Gasteiger partial charge in [-0.05, 0) is 30.7 Å². The molecule has 1 N–H and O–H groups in total. The number of hydrogen-bond donors (Lipinski definition) is 1. The summed E-state index contributed by atoms with van der Waals surface area (Å²) in [4.78, 5) is 31.3. The van der Waals surface area contributed by atoms with Crippen LogP contribution in [-0.2, 0) is 16.1 Å². The van der Waals surface area contributed by atoms with E-state index >= 15 is 0 Å². The van der Waals surface area contributed by atoms with Crippen LogP contribution in [-0.4, -0.2) is 44.9 Å². The Bertz CT molecular complexity index is 1230. The van der Waals surface area contributed by atoms with E-state index in [4.69, 9.17) is 16.3 Å². The van der Waals surface area contributed by atoms with Crippen LogP contribution in [0.3, 0.4) is 0 Å². The number of nitrogens with zero attached hydrogens (tertiary/aromatic N) is 3. The molecule has 1 amide bonds.